The number of rotatable bonds is 4. The van der Waals surface area contributed by atoms with Gasteiger partial charge in [0.05, 0.1) is 12.1 Å². The molecule has 1 saturated heterocycles. The summed E-state index contributed by atoms with van der Waals surface area (Å²) in [5, 5.41) is 17.5. The summed E-state index contributed by atoms with van der Waals surface area (Å²) in [7, 11) is 0. The van der Waals surface area contributed by atoms with E-state index < -0.39 is 0 Å². The molecular weight excluding hydrogens is 274 g/mol. The minimum absolute atomic E-state index is 0.00906. The Labute approximate surface area is 123 Å². The molecule has 2 unspecified atom stereocenters. The lowest BCUT2D eigenvalue weighted by Crippen LogP contribution is -2.44. The molecule has 3 heterocycles. The maximum absolute atomic E-state index is 11.9. The van der Waals surface area contributed by atoms with Gasteiger partial charge in [-0.15, -0.1) is 11.3 Å². The van der Waals surface area contributed by atoms with E-state index in [-0.39, 0.29) is 18.1 Å². The molecule has 2 aliphatic heterocycles. The van der Waals surface area contributed by atoms with Gasteiger partial charge in [0.25, 0.3) is 0 Å². The molecule has 1 aromatic heterocycles. The Morgan fingerprint density at radius 3 is 3.30 bits per heavy atom. The molecule has 2 atom stereocenters. The van der Waals surface area contributed by atoms with Crippen molar-refractivity contribution in [3.05, 3.63) is 21.9 Å². The third kappa shape index (κ3) is 3.20. The highest BCUT2D eigenvalue weighted by Crippen LogP contribution is 2.23. The van der Waals surface area contributed by atoms with Gasteiger partial charge in [0.2, 0.25) is 5.91 Å². The number of carbonyl (C=O) groups excluding carboxylic acids is 1. The Kier molecular flexibility index (Phi) is 4.35. The van der Waals surface area contributed by atoms with Crippen LogP contribution < -0.4 is 10.6 Å². The molecule has 110 valence electrons. The van der Waals surface area contributed by atoms with Crippen molar-refractivity contribution in [2.24, 2.45) is 0 Å². The Bertz CT molecular complexity index is 477. The maximum atomic E-state index is 11.9. The molecule has 0 radical (unpaired) electrons. The van der Waals surface area contributed by atoms with Crippen LogP contribution in [0.15, 0.2) is 11.4 Å². The van der Waals surface area contributed by atoms with Gasteiger partial charge in [-0.1, -0.05) is 0 Å². The number of hydrogen-bond acceptors (Lipinski definition) is 5. The summed E-state index contributed by atoms with van der Waals surface area (Å²) in [4.78, 5) is 15.8. The predicted octanol–water partition coefficient (Wildman–Crippen LogP) is -0.0548. The molecule has 20 heavy (non-hydrogen) atoms. The molecule has 1 fully saturated rings. The number of β-amino-alcohol motifs (C(OH)–C–C–N with tert-alkyl or cyclic N) is 1. The van der Waals surface area contributed by atoms with Crippen molar-refractivity contribution in [3.8, 4) is 0 Å². The standard InChI is InChI=1S/C14H21N3O2S/c18-11-7-12(16-8-11)14(19)15-3-5-17-4-1-13-10(9-17)2-6-20-13/h2,6,11-12,16,18H,1,3-5,7-9H2,(H,15,19). The van der Waals surface area contributed by atoms with Crippen LogP contribution in [0.5, 0.6) is 0 Å². The van der Waals surface area contributed by atoms with Crippen molar-refractivity contribution in [2.45, 2.75) is 31.5 Å². The molecule has 0 aliphatic carbocycles. The number of amides is 1. The van der Waals surface area contributed by atoms with Crippen molar-refractivity contribution in [1.29, 1.82) is 0 Å². The molecule has 3 rings (SSSR count). The van der Waals surface area contributed by atoms with E-state index in [4.69, 9.17) is 0 Å². The summed E-state index contributed by atoms with van der Waals surface area (Å²) in [5.74, 6) is 0.00906. The zero-order chi connectivity index (χ0) is 13.9. The summed E-state index contributed by atoms with van der Waals surface area (Å²) >= 11 is 1.84. The first-order valence-electron chi connectivity index (χ1n) is 7.19. The normalized spacial score (nSPS) is 26.4. The number of nitrogens with one attached hydrogen (secondary N) is 2. The number of nitrogens with zero attached hydrogens (tertiary/aromatic N) is 1. The second kappa shape index (κ2) is 6.22. The Hall–Kier alpha value is -0.950. The SMILES string of the molecule is O=C(NCCN1CCc2sccc2C1)C1CC(O)CN1. The summed E-state index contributed by atoms with van der Waals surface area (Å²) in [6.45, 7) is 4.15. The lowest BCUT2D eigenvalue weighted by atomic mass is 10.1. The van der Waals surface area contributed by atoms with Gasteiger partial charge >= 0.3 is 0 Å². The van der Waals surface area contributed by atoms with Gasteiger partial charge in [-0.05, 0) is 29.9 Å². The highest BCUT2D eigenvalue weighted by atomic mass is 32.1. The number of aliphatic hydroxyl groups excluding tert-OH is 1. The van der Waals surface area contributed by atoms with Gasteiger partial charge in [-0.25, -0.2) is 0 Å². The first kappa shape index (κ1) is 14.0. The third-order valence-electron chi connectivity index (χ3n) is 4.04. The second-order valence-corrected chi connectivity index (χ2v) is 6.54. The van der Waals surface area contributed by atoms with E-state index >= 15 is 0 Å². The Morgan fingerprint density at radius 2 is 2.50 bits per heavy atom. The van der Waals surface area contributed by atoms with Gasteiger partial charge < -0.3 is 15.7 Å². The minimum atomic E-state index is -0.384. The summed E-state index contributed by atoms with van der Waals surface area (Å²) in [6, 6.07) is 1.98. The average Bonchev–Trinajstić information content (AvgIpc) is 3.06. The molecule has 1 amide bonds. The van der Waals surface area contributed by atoms with Crippen LogP contribution in [0.4, 0.5) is 0 Å². The van der Waals surface area contributed by atoms with Crippen molar-refractivity contribution in [2.75, 3.05) is 26.2 Å². The third-order valence-corrected chi connectivity index (χ3v) is 5.06. The molecule has 3 N–H and O–H groups in total. The fraction of sp³-hybridized carbons (Fsp3) is 0.643. The lowest BCUT2D eigenvalue weighted by molar-refractivity contribution is -0.123. The van der Waals surface area contributed by atoms with Crippen molar-refractivity contribution < 1.29 is 9.90 Å². The van der Waals surface area contributed by atoms with Gasteiger partial charge in [0.1, 0.15) is 0 Å². The molecule has 6 heteroatoms. The smallest absolute Gasteiger partial charge is 0.237 e. The lowest BCUT2D eigenvalue weighted by Gasteiger charge is -2.26. The van der Waals surface area contributed by atoms with Crippen LogP contribution in [0.3, 0.4) is 0 Å². The van der Waals surface area contributed by atoms with E-state index in [0.29, 0.717) is 19.5 Å². The topological polar surface area (TPSA) is 64.6 Å². The van der Waals surface area contributed by atoms with E-state index in [0.717, 1.165) is 26.1 Å². The van der Waals surface area contributed by atoms with Gasteiger partial charge in [-0.2, -0.15) is 0 Å². The number of aliphatic hydroxyl groups is 1. The average molecular weight is 295 g/mol. The van der Waals surface area contributed by atoms with Crippen LogP contribution in [-0.2, 0) is 17.8 Å². The highest BCUT2D eigenvalue weighted by molar-refractivity contribution is 7.10. The van der Waals surface area contributed by atoms with Crippen molar-refractivity contribution in [1.82, 2.24) is 15.5 Å². The summed E-state index contributed by atoms with van der Waals surface area (Å²) < 4.78 is 0. The highest BCUT2D eigenvalue weighted by Gasteiger charge is 2.27. The molecule has 0 aromatic carbocycles. The van der Waals surface area contributed by atoms with Crippen molar-refractivity contribution in [3.63, 3.8) is 0 Å². The molecule has 0 saturated carbocycles. The number of hydrogen-bond donors (Lipinski definition) is 3. The first-order chi connectivity index (χ1) is 9.72. The van der Waals surface area contributed by atoms with Crippen LogP contribution in [0.25, 0.3) is 0 Å². The van der Waals surface area contributed by atoms with Crippen LogP contribution >= 0.6 is 11.3 Å². The minimum Gasteiger partial charge on any atom is -0.392 e. The maximum Gasteiger partial charge on any atom is 0.237 e. The summed E-state index contributed by atoms with van der Waals surface area (Å²) in [5.41, 5.74) is 1.44. The van der Waals surface area contributed by atoms with Crippen LogP contribution in [0.2, 0.25) is 0 Å². The molecule has 2 aliphatic rings. The van der Waals surface area contributed by atoms with E-state index in [1.54, 1.807) is 0 Å². The van der Waals surface area contributed by atoms with Gasteiger partial charge in [0, 0.05) is 37.6 Å². The molecule has 0 spiro atoms. The van der Waals surface area contributed by atoms with E-state index in [9.17, 15) is 9.90 Å². The van der Waals surface area contributed by atoms with Crippen LogP contribution in [-0.4, -0.2) is 54.2 Å². The molecule has 1 aromatic rings. The molecule has 5 nitrogen and oxygen atoms in total. The fourth-order valence-electron chi connectivity index (χ4n) is 2.87. The van der Waals surface area contributed by atoms with Gasteiger partial charge in [0.15, 0.2) is 0 Å². The van der Waals surface area contributed by atoms with E-state index in [1.807, 2.05) is 11.3 Å². The largest absolute Gasteiger partial charge is 0.392 e. The first-order valence-corrected chi connectivity index (χ1v) is 8.07. The molecular formula is C14H21N3O2S. The molecule has 0 bridgehead atoms. The predicted molar refractivity (Wildman–Crippen MR) is 78.7 cm³/mol. The number of fused-ring (bicyclic) bond motifs is 1. The fourth-order valence-corrected chi connectivity index (χ4v) is 3.76. The number of carbonyl (C=O) groups is 1. The summed E-state index contributed by atoms with van der Waals surface area (Å²) in [6.07, 6.45) is 1.26. The monoisotopic (exact) mass is 295 g/mol. The quantitative estimate of drug-likeness (QED) is 0.728. The zero-order valence-electron chi connectivity index (χ0n) is 11.5. The van der Waals surface area contributed by atoms with E-state index in [2.05, 4.69) is 27.0 Å². The van der Waals surface area contributed by atoms with Crippen LogP contribution in [0, 0.1) is 0 Å². The van der Waals surface area contributed by atoms with Crippen molar-refractivity contribution >= 4 is 17.2 Å². The zero-order valence-corrected chi connectivity index (χ0v) is 12.3. The van der Waals surface area contributed by atoms with Gasteiger partial charge in [-0.3, -0.25) is 9.69 Å². The van der Waals surface area contributed by atoms with E-state index in [1.165, 1.54) is 10.4 Å². The second-order valence-electron chi connectivity index (χ2n) is 5.54. The Balaban J connectivity index is 1.39. The number of thiophene rings is 1. The van der Waals surface area contributed by atoms with Crippen LogP contribution in [0.1, 0.15) is 16.9 Å². The Morgan fingerprint density at radius 1 is 1.60 bits per heavy atom.